The van der Waals surface area contributed by atoms with E-state index in [1.54, 1.807) is 0 Å². The third-order valence-electron chi connectivity index (χ3n) is 2.57. The molecule has 0 aromatic carbocycles. The molecule has 0 fully saturated rings. The molecule has 1 aromatic rings. The van der Waals surface area contributed by atoms with Crippen LogP contribution >= 0.6 is 27.7 Å². The Hall–Kier alpha value is -0.0600. The van der Waals surface area contributed by atoms with Crippen LogP contribution in [0.2, 0.25) is 0 Å². The van der Waals surface area contributed by atoms with E-state index in [0.29, 0.717) is 12.0 Å². The van der Waals surface area contributed by atoms with Crippen molar-refractivity contribution >= 4 is 27.7 Å². The van der Waals surface area contributed by atoms with Crippen LogP contribution in [0.4, 0.5) is 0 Å². The van der Waals surface area contributed by atoms with Crippen LogP contribution in [0.1, 0.15) is 27.2 Å². The molecule has 1 aromatic heterocycles. The molecule has 0 bridgehead atoms. The molecule has 1 N–H and O–H groups in total. The predicted octanol–water partition coefficient (Wildman–Crippen LogP) is 3.96. The first-order valence-corrected chi connectivity index (χ1v) is 7.89. The van der Waals surface area contributed by atoms with Gasteiger partial charge in [0, 0.05) is 22.5 Å². The first kappa shape index (κ1) is 15.0. The van der Waals surface area contributed by atoms with E-state index in [9.17, 15) is 0 Å². The molecular formula is C13H21BrN2S. The summed E-state index contributed by atoms with van der Waals surface area (Å²) in [5, 5.41) is 4.69. The van der Waals surface area contributed by atoms with E-state index in [1.807, 2.05) is 24.0 Å². The molecule has 0 saturated carbocycles. The molecule has 1 rings (SSSR count). The number of nitrogens with zero attached hydrogens (tertiary/aromatic N) is 1. The van der Waals surface area contributed by atoms with Crippen molar-refractivity contribution in [3.05, 3.63) is 22.8 Å². The van der Waals surface area contributed by atoms with Crippen LogP contribution in [-0.4, -0.2) is 23.3 Å². The number of rotatable bonds is 7. The van der Waals surface area contributed by atoms with Gasteiger partial charge in [-0.15, -0.1) is 11.8 Å². The maximum atomic E-state index is 4.38. The fourth-order valence-electron chi connectivity index (χ4n) is 1.44. The van der Waals surface area contributed by atoms with E-state index in [2.05, 4.69) is 53.1 Å². The molecule has 0 spiro atoms. The Morgan fingerprint density at radius 1 is 1.41 bits per heavy atom. The lowest BCUT2D eigenvalue weighted by molar-refractivity contribution is 0.434. The lowest BCUT2D eigenvalue weighted by atomic mass is 10.1. The molecule has 0 saturated heterocycles. The van der Waals surface area contributed by atoms with E-state index in [0.717, 1.165) is 21.8 Å². The Balaban J connectivity index is 2.43. The van der Waals surface area contributed by atoms with Crippen molar-refractivity contribution in [2.24, 2.45) is 5.92 Å². The van der Waals surface area contributed by atoms with Gasteiger partial charge in [-0.05, 0) is 46.9 Å². The zero-order valence-electron chi connectivity index (χ0n) is 10.7. The summed E-state index contributed by atoms with van der Waals surface area (Å²) < 4.78 is 1.03. The number of nitrogens with one attached hydrogen (secondary N) is 1. The Morgan fingerprint density at radius 3 is 2.71 bits per heavy atom. The minimum Gasteiger partial charge on any atom is -0.313 e. The lowest BCUT2D eigenvalue weighted by Crippen LogP contribution is -2.36. The van der Waals surface area contributed by atoms with Crippen molar-refractivity contribution in [1.29, 1.82) is 0 Å². The molecular weight excluding hydrogens is 296 g/mol. The van der Waals surface area contributed by atoms with E-state index in [4.69, 9.17) is 0 Å². The number of pyridine rings is 1. The van der Waals surface area contributed by atoms with Crippen molar-refractivity contribution in [3.8, 4) is 0 Å². The standard InChI is InChI=1S/C13H21BrN2S/c1-4-7-15-12(10(2)3)9-17-13-6-5-11(14)8-16-13/h5-6,8,10,12,15H,4,7,9H2,1-3H3. The predicted molar refractivity (Wildman–Crippen MR) is 79.6 cm³/mol. The minimum atomic E-state index is 0.561. The number of hydrogen-bond donors (Lipinski definition) is 1. The van der Waals surface area contributed by atoms with Crippen molar-refractivity contribution in [2.45, 2.75) is 38.3 Å². The van der Waals surface area contributed by atoms with E-state index in [-0.39, 0.29) is 0 Å². The molecule has 4 heteroatoms. The van der Waals surface area contributed by atoms with Crippen molar-refractivity contribution < 1.29 is 0 Å². The van der Waals surface area contributed by atoms with Crippen molar-refractivity contribution in [1.82, 2.24) is 10.3 Å². The van der Waals surface area contributed by atoms with Gasteiger partial charge in [0.2, 0.25) is 0 Å². The average molecular weight is 317 g/mol. The molecule has 2 nitrogen and oxygen atoms in total. The van der Waals surface area contributed by atoms with Gasteiger partial charge in [0.25, 0.3) is 0 Å². The molecule has 96 valence electrons. The summed E-state index contributed by atoms with van der Waals surface area (Å²) in [6.45, 7) is 7.83. The highest BCUT2D eigenvalue weighted by Crippen LogP contribution is 2.20. The molecule has 1 unspecified atom stereocenters. The number of aromatic nitrogens is 1. The fraction of sp³-hybridized carbons (Fsp3) is 0.615. The quantitative estimate of drug-likeness (QED) is 0.771. The summed E-state index contributed by atoms with van der Waals surface area (Å²) in [7, 11) is 0. The highest BCUT2D eigenvalue weighted by molar-refractivity contribution is 9.10. The topological polar surface area (TPSA) is 24.9 Å². The van der Waals surface area contributed by atoms with Gasteiger partial charge >= 0.3 is 0 Å². The van der Waals surface area contributed by atoms with Crippen LogP contribution in [0.5, 0.6) is 0 Å². The van der Waals surface area contributed by atoms with Crippen LogP contribution in [-0.2, 0) is 0 Å². The zero-order chi connectivity index (χ0) is 12.7. The molecule has 0 radical (unpaired) electrons. The van der Waals surface area contributed by atoms with Gasteiger partial charge in [0.05, 0.1) is 5.03 Å². The maximum Gasteiger partial charge on any atom is 0.0961 e. The van der Waals surface area contributed by atoms with Gasteiger partial charge in [0.15, 0.2) is 0 Å². The normalized spacial score (nSPS) is 13.0. The smallest absolute Gasteiger partial charge is 0.0961 e. The highest BCUT2D eigenvalue weighted by atomic mass is 79.9. The highest BCUT2D eigenvalue weighted by Gasteiger charge is 2.12. The van der Waals surface area contributed by atoms with Gasteiger partial charge in [-0.2, -0.15) is 0 Å². The Bertz CT molecular complexity index is 314. The average Bonchev–Trinajstić information content (AvgIpc) is 2.31. The first-order chi connectivity index (χ1) is 8.13. The second-order valence-corrected chi connectivity index (χ2v) is 6.39. The minimum absolute atomic E-state index is 0.561. The summed E-state index contributed by atoms with van der Waals surface area (Å²) in [4.78, 5) is 4.38. The van der Waals surface area contributed by atoms with Crippen molar-refractivity contribution in [3.63, 3.8) is 0 Å². The second-order valence-electron chi connectivity index (χ2n) is 4.43. The number of hydrogen-bond acceptors (Lipinski definition) is 3. The van der Waals surface area contributed by atoms with Gasteiger partial charge in [0.1, 0.15) is 0 Å². The van der Waals surface area contributed by atoms with Crippen LogP contribution < -0.4 is 5.32 Å². The first-order valence-electron chi connectivity index (χ1n) is 6.11. The molecule has 17 heavy (non-hydrogen) atoms. The summed E-state index contributed by atoms with van der Waals surface area (Å²) in [5.74, 6) is 1.73. The second kappa shape index (κ2) is 8.11. The van der Waals surface area contributed by atoms with Crippen LogP contribution in [0.3, 0.4) is 0 Å². The third-order valence-corrected chi connectivity index (χ3v) is 4.10. The van der Waals surface area contributed by atoms with E-state index in [1.165, 1.54) is 6.42 Å². The molecule has 0 aliphatic rings. The van der Waals surface area contributed by atoms with Crippen molar-refractivity contribution in [2.75, 3.05) is 12.3 Å². The lowest BCUT2D eigenvalue weighted by Gasteiger charge is -2.21. The number of halogens is 1. The third kappa shape index (κ3) is 5.89. The largest absolute Gasteiger partial charge is 0.313 e. The molecule has 0 amide bonds. The van der Waals surface area contributed by atoms with Crippen LogP contribution in [0.15, 0.2) is 27.8 Å². The van der Waals surface area contributed by atoms with E-state index < -0.39 is 0 Å². The van der Waals surface area contributed by atoms with Gasteiger partial charge in [-0.1, -0.05) is 20.8 Å². The van der Waals surface area contributed by atoms with Gasteiger partial charge in [-0.25, -0.2) is 4.98 Å². The SMILES string of the molecule is CCCNC(CSc1ccc(Br)cn1)C(C)C. The van der Waals surface area contributed by atoms with Gasteiger partial charge in [-0.3, -0.25) is 0 Å². The van der Waals surface area contributed by atoms with Crippen LogP contribution in [0, 0.1) is 5.92 Å². The summed E-state index contributed by atoms with van der Waals surface area (Å²) >= 11 is 5.22. The monoisotopic (exact) mass is 316 g/mol. The Labute approximate surface area is 117 Å². The summed E-state index contributed by atoms with van der Waals surface area (Å²) in [6, 6.07) is 4.66. The summed E-state index contributed by atoms with van der Waals surface area (Å²) in [6.07, 6.45) is 3.04. The molecule has 0 aliphatic heterocycles. The molecule has 1 atom stereocenters. The Morgan fingerprint density at radius 2 is 2.18 bits per heavy atom. The molecule has 1 heterocycles. The fourth-order valence-corrected chi connectivity index (χ4v) is 2.82. The maximum absolute atomic E-state index is 4.38. The van der Waals surface area contributed by atoms with Crippen LogP contribution in [0.25, 0.3) is 0 Å². The van der Waals surface area contributed by atoms with Gasteiger partial charge < -0.3 is 5.32 Å². The Kier molecular flexibility index (Phi) is 7.16. The van der Waals surface area contributed by atoms with E-state index >= 15 is 0 Å². The zero-order valence-corrected chi connectivity index (χ0v) is 13.1. The number of thioether (sulfide) groups is 1. The molecule has 0 aliphatic carbocycles. The summed E-state index contributed by atoms with van der Waals surface area (Å²) in [5.41, 5.74) is 0.